The van der Waals surface area contributed by atoms with Gasteiger partial charge in [0.1, 0.15) is 5.82 Å². The van der Waals surface area contributed by atoms with Gasteiger partial charge in [0.15, 0.2) is 0 Å². The van der Waals surface area contributed by atoms with Gasteiger partial charge in [-0.25, -0.2) is 9.18 Å². The number of benzene rings is 2. The number of nitrogens with one attached hydrogen (secondary N) is 2. The van der Waals surface area contributed by atoms with Crippen LogP contribution in [0.1, 0.15) is 24.8 Å². The quantitative estimate of drug-likeness (QED) is 0.296. The highest BCUT2D eigenvalue weighted by Gasteiger charge is 2.30. The lowest BCUT2D eigenvalue weighted by molar-refractivity contribution is -0.137. The number of thiophene rings is 1. The molecule has 0 saturated carbocycles. The summed E-state index contributed by atoms with van der Waals surface area (Å²) in [4.78, 5) is 16.8. The van der Waals surface area contributed by atoms with Crippen molar-refractivity contribution < 1.29 is 22.4 Å². The smallest absolute Gasteiger partial charge is 0.369 e. The minimum absolute atomic E-state index is 0.209. The first kappa shape index (κ1) is 25.2. The summed E-state index contributed by atoms with van der Waals surface area (Å²) in [7, 11) is 0. The molecule has 2 heterocycles. The number of rotatable bonds is 7. The Balaban J connectivity index is 1.15. The van der Waals surface area contributed by atoms with Crippen molar-refractivity contribution >= 4 is 38.8 Å². The van der Waals surface area contributed by atoms with Crippen molar-refractivity contribution in [2.75, 3.05) is 49.5 Å². The van der Waals surface area contributed by atoms with E-state index in [0.717, 1.165) is 74.2 Å². The van der Waals surface area contributed by atoms with Gasteiger partial charge < -0.3 is 20.4 Å². The second kappa shape index (κ2) is 11.3. The van der Waals surface area contributed by atoms with Gasteiger partial charge in [0.25, 0.3) is 0 Å². The number of amides is 2. The first-order chi connectivity index (χ1) is 16.8. The summed E-state index contributed by atoms with van der Waals surface area (Å²) in [5.74, 6) is -0.209. The lowest BCUT2D eigenvalue weighted by atomic mass is 10.2. The predicted octanol–water partition coefficient (Wildman–Crippen LogP) is 6.17. The predicted molar refractivity (Wildman–Crippen MR) is 133 cm³/mol. The Labute approximate surface area is 205 Å². The van der Waals surface area contributed by atoms with Crippen LogP contribution in [0, 0.1) is 5.82 Å². The van der Waals surface area contributed by atoms with Gasteiger partial charge in [-0.15, -0.1) is 11.3 Å². The normalized spacial score (nSPS) is 15.3. The lowest BCUT2D eigenvalue weighted by Gasteiger charge is -2.23. The zero-order chi connectivity index (χ0) is 24.8. The number of unbranched alkanes of at least 4 members (excludes halogenated alkanes) is 1. The molecule has 0 atom stereocenters. The van der Waals surface area contributed by atoms with Crippen molar-refractivity contribution in [3.63, 3.8) is 0 Å². The van der Waals surface area contributed by atoms with Crippen LogP contribution in [-0.2, 0) is 6.18 Å². The number of hydrogen-bond donors (Lipinski definition) is 2. The number of alkyl halides is 3. The number of urea groups is 1. The van der Waals surface area contributed by atoms with E-state index in [2.05, 4.69) is 25.8 Å². The highest BCUT2D eigenvalue weighted by molar-refractivity contribution is 7.17. The Bertz CT molecular complexity index is 1130. The van der Waals surface area contributed by atoms with Gasteiger partial charge in [0.2, 0.25) is 0 Å². The molecule has 1 fully saturated rings. The van der Waals surface area contributed by atoms with E-state index in [1.165, 1.54) is 23.9 Å². The Morgan fingerprint density at radius 3 is 2.57 bits per heavy atom. The van der Waals surface area contributed by atoms with Gasteiger partial charge in [-0.05, 0) is 74.8 Å². The van der Waals surface area contributed by atoms with Gasteiger partial charge in [-0.3, -0.25) is 0 Å². The number of carbonyl (C=O) groups excluding carboxylic acids is 1. The third-order valence-electron chi connectivity index (χ3n) is 6.10. The van der Waals surface area contributed by atoms with Crippen molar-refractivity contribution in [3.8, 4) is 0 Å². The maximum Gasteiger partial charge on any atom is 0.416 e. The summed E-state index contributed by atoms with van der Waals surface area (Å²) in [6.07, 6.45) is -1.61. The molecule has 0 spiro atoms. The van der Waals surface area contributed by atoms with Crippen molar-refractivity contribution in [1.82, 2.24) is 10.2 Å². The fourth-order valence-electron chi connectivity index (χ4n) is 4.25. The van der Waals surface area contributed by atoms with Crippen LogP contribution < -0.4 is 15.5 Å². The summed E-state index contributed by atoms with van der Waals surface area (Å²) in [6, 6.07) is 8.89. The molecule has 1 aliphatic heterocycles. The van der Waals surface area contributed by atoms with Crippen molar-refractivity contribution in [3.05, 3.63) is 59.2 Å². The van der Waals surface area contributed by atoms with Crippen LogP contribution in [0.25, 0.3) is 10.1 Å². The van der Waals surface area contributed by atoms with Crippen LogP contribution in [0.2, 0.25) is 0 Å². The Morgan fingerprint density at radius 1 is 1.00 bits per heavy atom. The van der Waals surface area contributed by atoms with Gasteiger partial charge in [-0.2, -0.15) is 13.2 Å². The minimum atomic E-state index is -4.40. The molecule has 1 saturated heterocycles. The van der Waals surface area contributed by atoms with E-state index in [0.29, 0.717) is 12.2 Å². The first-order valence-corrected chi connectivity index (χ1v) is 12.5. The van der Waals surface area contributed by atoms with Crippen LogP contribution in [0.15, 0.2) is 47.8 Å². The van der Waals surface area contributed by atoms with Crippen LogP contribution in [0.4, 0.5) is 33.7 Å². The van der Waals surface area contributed by atoms with E-state index < -0.39 is 17.8 Å². The summed E-state index contributed by atoms with van der Waals surface area (Å²) >= 11 is 1.57. The topological polar surface area (TPSA) is 47.6 Å². The largest absolute Gasteiger partial charge is 0.416 e. The van der Waals surface area contributed by atoms with Gasteiger partial charge in [0.05, 0.1) is 11.3 Å². The average molecular weight is 509 g/mol. The second-order valence-corrected chi connectivity index (χ2v) is 9.52. The van der Waals surface area contributed by atoms with Crippen LogP contribution in [-0.4, -0.2) is 50.2 Å². The molecule has 0 unspecified atom stereocenters. The molecule has 2 aromatic carbocycles. The van der Waals surface area contributed by atoms with E-state index in [1.54, 1.807) is 17.4 Å². The monoisotopic (exact) mass is 508 g/mol. The molecule has 5 nitrogen and oxygen atoms in total. The first-order valence-electron chi connectivity index (χ1n) is 11.7. The summed E-state index contributed by atoms with van der Waals surface area (Å²) in [5.41, 5.74) is 0.738. The molecule has 0 aliphatic carbocycles. The molecule has 1 aromatic heterocycles. The number of halogens is 4. The minimum Gasteiger partial charge on any atom is -0.369 e. The lowest BCUT2D eigenvalue weighted by Crippen LogP contribution is -2.32. The highest BCUT2D eigenvalue weighted by atomic mass is 32.1. The highest BCUT2D eigenvalue weighted by Crippen LogP contribution is 2.34. The molecular formula is C25H28F4N4OS. The van der Waals surface area contributed by atoms with E-state index >= 15 is 0 Å². The summed E-state index contributed by atoms with van der Waals surface area (Å²) in [5, 5.41) is 8.51. The average Bonchev–Trinajstić information content (AvgIpc) is 3.08. The molecule has 0 bridgehead atoms. The van der Waals surface area contributed by atoms with E-state index in [1.807, 2.05) is 6.07 Å². The molecule has 35 heavy (non-hydrogen) atoms. The maximum atomic E-state index is 13.5. The number of anilines is 2. The zero-order valence-corrected chi connectivity index (χ0v) is 20.0. The van der Waals surface area contributed by atoms with Crippen LogP contribution in [0.3, 0.4) is 0 Å². The Hall–Kier alpha value is -2.85. The third-order valence-corrected chi connectivity index (χ3v) is 7.04. The van der Waals surface area contributed by atoms with Crippen molar-refractivity contribution in [1.29, 1.82) is 0 Å². The number of hydrogen-bond acceptors (Lipinski definition) is 4. The molecule has 3 aromatic rings. The molecule has 4 rings (SSSR count). The number of carbonyl (C=O) groups is 1. The zero-order valence-electron chi connectivity index (χ0n) is 19.2. The molecular weight excluding hydrogens is 480 g/mol. The van der Waals surface area contributed by atoms with E-state index in [-0.39, 0.29) is 5.82 Å². The van der Waals surface area contributed by atoms with Crippen molar-refractivity contribution in [2.45, 2.75) is 25.4 Å². The maximum absolute atomic E-state index is 13.5. The number of fused-ring (bicyclic) bond motifs is 1. The molecule has 188 valence electrons. The molecule has 2 amide bonds. The third kappa shape index (κ3) is 6.85. The molecule has 1 aliphatic rings. The van der Waals surface area contributed by atoms with Crippen molar-refractivity contribution in [2.24, 2.45) is 0 Å². The SMILES string of the molecule is O=C(NCCCCN1CCCN(c2csc3cc(F)ccc23)CC1)Nc1ccc(C(F)(F)F)cc1. The Kier molecular flexibility index (Phi) is 8.12. The van der Waals surface area contributed by atoms with Gasteiger partial charge in [-0.1, -0.05) is 0 Å². The summed E-state index contributed by atoms with van der Waals surface area (Å²) in [6.45, 7) is 5.26. The molecule has 10 heteroatoms. The standard InChI is InChI=1S/C25H28F4N4OS/c26-19-6-9-21-22(17-35-23(21)16-19)33-13-3-12-32(14-15-33)11-2-1-10-30-24(34)31-20-7-4-18(5-8-20)25(27,28)29/h4-9,16-17H,1-3,10-15H2,(H2,30,31,34). The van der Waals surface area contributed by atoms with E-state index in [9.17, 15) is 22.4 Å². The van der Waals surface area contributed by atoms with Crippen LogP contribution >= 0.6 is 11.3 Å². The van der Waals surface area contributed by atoms with Gasteiger partial charge >= 0.3 is 12.2 Å². The fraction of sp³-hybridized carbons (Fsp3) is 0.400. The second-order valence-electron chi connectivity index (χ2n) is 8.61. The molecule has 2 N–H and O–H groups in total. The van der Waals surface area contributed by atoms with Gasteiger partial charge in [0, 0.05) is 47.3 Å². The Morgan fingerprint density at radius 2 is 1.80 bits per heavy atom. The molecule has 0 radical (unpaired) electrons. The van der Waals surface area contributed by atoms with E-state index in [4.69, 9.17) is 0 Å². The summed E-state index contributed by atoms with van der Waals surface area (Å²) < 4.78 is 52.3. The number of nitrogens with zero attached hydrogens (tertiary/aromatic N) is 2. The van der Waals surface area contributed by atoms with Crippen LogP contribution in [0.5, 0.6) is 0 Å². The fourth-order valence-corrected chi connectivity index (χ4v) is 5.24.